The summed E-state index contributed by atoms with van der Waals surface area (Å²) in [5.74, 6) is 0. The molecular weight excluding hydrogens is 350 g/mol. The fourth-order valence-corrected chi connectivity index (χ4v) is 4.19. The minimum Gasteiger partial charge on any atom is -0.444 e. The second kappa shape index (κ2) is 6.62. The van der Waals surface area contributed by atoms with Crippen LogP contribution in [0.1, 0.15) is 23.3 Å². The molecule has 0 saturated heterocycles. The smallest absolute Gasteiger partial charge is 0.414 e. The van der Waals surface area contributed by atoms with E-state index in [4.69, 9.17) is 4.74 Å². The average molecular weight is 366 g/mol. The molecule has 1 aromatic heterocycles. The van der Waals surface area contributed by atoms with Gasteiger partial charge in [-0.1, -0.05) is 30.3 Å². The highest BCUT2D eigenvalue weighted by Crippen LogP contribution is 2.37. The summed E-state index contributed by atoms with van der Waals surface area (Å²) in [6.07, 6.45) is 2.91. The average Bonchev–Trinajstić information content (AvgIpc) is 2.75. The maximum atomic E-state index is 12.4. The second-order valence-electron chi connectivity index (χ2n) is 5.01. The van der Waals surface area contributed by atoms with Crippen LogP contribution in [0.2, 0.25) is 0 Å². The number of amides is 1. The summed E-state index contributed by atoms with van der Waals surface area (Å²) in [4.78, 5) is 15.4. The molecular formula is C16H16BrNO2S. The van der Waals surface area contributed by atoms with Gasteiger partial charge in [0.05, 0.1) is 9.47 Å². The normalized spacial score (nSPS) is 14.4. The number of thiophene rings is 1. The summed E-state index contributed by atoms with van der Waals surface area (Å²) < 4.78 is 6.53. The van der Waals surface area contributed by atoms with Gasteiger partial charge in [0, 0.05) is 11.4 Å². The number of hydrogen-bond donors (Lipinski definition) is 0. The lowest BCUT2D eigenvalue weighted by molar-refractivity contribution is 0.147. The van der Waals surface area contributed by atoms with Crippen LogP contribution in [-0.2, 0) is 17.8 Å². The molecule has 110 valence electrons. The van der Waals surface area contributed by atoms with Gasteiger partial charge in [-0.2, -0.15) is 0 Å². The number of halogens is 1. The number of anilines is 1. The molecule has 0 atom stereocenters. The first-order valence-electron chi connectivity index (χ1n) is 7.00. The van der Waals surface area contributed by atoms with E-state index >= 15 is 0 Å². The molecule has 1 aromatic carbocycles. The van der Waals surface area contributed by atoms with Crippen molar-refractivity contribution in [1.82, 2.24) is 0 Å². The van der Waals surface area contributed by atoms with E-state index in [0.717, 1.165) is 40.8 Å². The summed E-state index contributed by atoms with van der Waals surface area (Å²) in [7, 11) is 0. The molecule has 0 unspecified atom stereocenters. The number of carbonyl (C=O) groups is 1. The Morgan fingerprint density at radius 2 is 2.10 bits per heavy atom. The summed E-state index contributed by atoms with van der Waals surface area (Å²) in [6.45, 7) is 1.04. The van der Waals surface area contributed by atoms with E-state index in [-0.39, 0.29) is 6.09 Å². The zero-order valence-electron chi connectivity index (χ0n) is 11.5. The predicted octanol–water partition coefficient (Wildman–Crippen LogP) is 4.99. The van der Waals surface area contributed by atoms with E-state index in [1.807, 2.05) is 36.4 Å². The van der Waals surface area contributed by atoms with Crippen LogP contribution < -0.4 is 4.90 Å². The lowest BCUT2D eigenvalue weighted by Crippen LogP contribution is -2.31. The van der Waals surface area contributed by atoms with Gasteiger partial charge < -0.3 is 4.74 Å². The van der Waals surface area contributed by atoms with Crippen LogP contribution in [0.15, 0.2) is 40.2 Å². The van der Waals surface area contributed by atoms with Crippen LogP contribution >= 0.6 is 27.3 Å². The monoisotopic (exact) mass is 365 g/mol. The van der Waals surface area contributed by atoms with Gasteiger partial charge in [-0.25, -0.2) is 4.79 Å². The lowest BCUT2D eigenvalue weighted by Gasteiger charge is -2.20. The molecule has 1 aliphatic heterocycles. The van der Waals surface area contributed by atoms with Crippen molar-refractivity contribution in [2.24, 2.45) is 0 Å². The summed E-state index contributed by atoms with van der Waals surface area (Å²) in [5.41, 5.74) is 2.01. The Hall–Kier alpha value is -1.33. The SMILES string of the molecule is O=C(OCc1ccccc1)N1CCCCc2sc(Br)cc21. The fraction of sp³-hybridized carbons (Fsp3) is 0.312. The number of hydrogen-bond acceptors (Lipinski definition) is 3. The van der Waals surface area contributed by atoms with Crippen LogP contribution in [0.25, 0.3) is 0 Å². The molecule has 2 aromatic rings. The number of nitrogens with zero attached hydrogens (tertiary/aromatic N) is 1. The number of benzene rings is 1. The molecule has 3 rings (SSSR count). The van der Waals surface area contributed by atoms with Crippen molar-refractivity contribution in [3.63, 3.8) is 0 Å². The molecule has 2 heterocycles. The minimum absolute atomic E-state index is 0.257. The highest BCUT2D eigenvalue weighted by molar-refractivity contribution is 9.11. The Bertz CT molecular complexity index is 626. The van der Waals surface area contributed by atoms with Crippen molar-refractivity contribution >= 4 is 39.0 Å². The van der Waals surface area contributed by atoms with E-state index in [1.54, 1.807) is 16.2 Å². The third-order valence-corrected chi connectivity index (χ3v) is 5.20. The van der Waals surface area contributed by atoms with Crippen molar-refractivity contribution < 1.29 is 9.53 Å². The largest absolute Gasteiger partial charge is 0.444 e. The van der Waals surface area contributed by atoms with Gasteiger partial charge >= 0.3 is 6.09 Å². The molecule has 0 spiro atoms. The van der Waals surface area contributed by atoms with E-state index in [1.165, 1.54) is 4.88 Å². The summed E-state index contributed by atoms with van der Waals surface area (Å²) in [6, 6.07) is 11.8. The minimum atomic E-state index is -0.257. The van der Waals surface area contributed by atoms with Gasteiger partial charge in [-0.05, 0) is 46.8 Å². The number of carbonyl (C=O) groups excluding carboxylic acids is 1. The third kappa shape index (κ3) is 3.47. The molecule has 0 N–H and O–H groups in total. The molecule has 3 nitrogen and oxygen atoms in total. The van der Waals surface area contributed by atoms with Gasteiger partial charge in [-0.15, -0.1) is 11.3 Å². The molecule has 0 bridgehead atoms. The zero-order valence-corrected chi connectivity index (χ0v) is 14.0. The number of ether oxygens (including phenoxy) is 1. The van der Waals surface area contributed by atoms with Crippen molar-refractivity contribution in [1.29, 1.82) is 0 Å². The van der Waals surface area contributed by atoms with Crippen molar-refractivity contribution in [2.45, 2.75) is 25.9 Å². The van der Waals surface area contributed by atoms with Crippen LogP contribution in [-0.4, -0.2) is 12.6 Å². The second-order valence-corrected chi connectivity index (χ2v) is 7.52. The van der Waals surface area contributed by atoms with Gasteiger partial charge in [0.15, 0.2) is 0 Å². The summed E-state index contributed by atoms with van der Waals surface area (Å²) in [5, 5.41) is 0. The first-order valence-corrected chi connectivity index (χ1v) is 8.61. The van der Waals surface area contributed by atoms with E-state index < -0.39 is 0 Å². The predicted molar refractivity (Wildman–Crippen MR) is 88.9 cm³/mol. The molecule has 0 saturated carbocycles. The summed E-state index contributed by atoms with van der Waals surface area (Å²) >= 11 is 5.22. The van der Waals surface area contributed by atoms with Gasteiger partial charge in [0.25, 0.3) is 0 Å². The molecule has 0 radical (unpaired) electrons. The lowest BCUT2D eigenvalue weighted by atomic mass is 10.2. The van der Waals surface area contributed by atoms with Crippen molar-refractivity contribution in [3.8, 4) is 0 Å². The molecule has 1 aliphatic rings. The maximum Gasteiger partial charge on any atom is 0.414 e. The van der Waals surface area contributed by atoms with Gasteiger partial charge in [0.2, 0.25) is 0 Å². The first kappa shape index (κ1) is 14.6. The fourth-order valence-electron chi connectivity index (χ4n) is 2.46. The zero-order chi connectivity index (χ0) is 14.7. The Labute approximate surface area is 136 Å². The Morgan fingerprint density at radius 1 is 1.29 bits per heavy atom. The molecule has 0 aliphatic carbocycles. The van der Waals surface area contributed by atoms with E-state index in [9.17, 15) is 4.79 Å². The third-order valence-electron chi connectivity index (χ3n) is 3.51. The number of rotatable bonds is 2. The molecule has 5 heteroatoms. The topological polar surface area (TPSA) is 29.5 Å². The van der Waals surface area contributed by atoms with Crippen molar-refractivity contribution in [2.75, 3.05) is 11.4 Å². The Balaban J connectivity index is 1.72. The van der Waals surface area contributed by atoms with Crippen LogP contribution in [0.4, 0.5) is 10.5 Å². The quantitative estimate of drug-likeness (QED) is 0.749. The highest BCUT2D eigenvalue weighted by atomic mass is 79.9. The van der Waals surface area contributed by atoms with Crippen LogP contribution in [0.3, 0.4) is 0 Å². The van der Waals surface area contributed by atoms with Crippen molar-refractivity contribution in [3.05, 3.63) is 50.6 Å². The van der Waals surface area contributed by atoms with Gasteiger partial charge in [-0.3, -0.25) is 4.90 Å². The maximum absolute atomic E-state index is 12.4. The first-order chi connectivity index (χ1) is 10.2. The molecule has 21 heavy (non-hydrogen) atoms. The van der Waals surface area contributed by atoms with Gasteiger partial charge in [0.1, 0.15) is 6.61 Å². The van der Waals surface area contributed by atoms with Crippen LogP contribution in [0.5, 0.6) is 0 Å². The van der Waals surface area contributed by atoms with Crippen LogP contribution in [0, 0.1) is 0 Å². The number of fused-ring (bicyclic) bond motifs is 1. The molecule has 0 fully saturated rings. The van der Waals surface area contributed by atoms with E-state index in [0.29, 0.717) is 6.61 Å². The Kier molecular flexibility index (Phi) is 4.60. The molecule has 1 amide bonds. The highest BCUT2D eigenvalue weighted by Gasteiger charge is 2.24. The number of aryl methyl sites for hydroxylation is 1. The van der Waals surface area contributed by atoms with E-state index in [2.05, 4.69) is 15.9 Å². The standard InChI is InChI=1S/C16H16BrNO2S/c17-15-10-13-14(21-15)8-4-5-9-18(13)16(19)20-11-12-6-2-1-3-7-12/h1-3,6-7,10H,4-5,8-9,11H2. The Morgan fingerprint density at radius 3 is 2.90 bits per heavy atom.